The first-order valence-corrected chi connectivity index (χ1v) is 4.61. The van der Waals surface area contributed by atoms with Crippen molar-refractivity contribution in [3.8, 4) is 11.1 Å². The number of aryl methyl sites for hydroxylation is 1. The van der Waals surface area contributed by atoms with Crippen molar-refractivity contribution >= 4 is 0 Å². The van der Waals surface area contributed by atoms with E-state index >= 15 is 0 Å². The maximum atomic E-state index is 5.68. The van der Waals surface area contributed by atoms with Gasteiger partial charge in [0.05, 0.1) is 6.20 Å². The third-order valence-corrected chi connectivity index (χ3v) is 2.36. The van der Waals surface area contributed by atoms with Crippen molar-refractivity contribution in [2.75, 3.05) is 0 Å². The Kier molecular flexibility index (Phi) is 2.33. The first-order chi connectivity index (χ1) is 6.83. The highest BCUT2D eigenvalue weighted by atomic mass is 15.1. The van der Waals surface area contributed by atoms with Gasteiger partial charge in [-0.3, -0.25) is 5.10 Å². The highest BCUT2D eigenvalue weighted by molar-refractivity contribution is 5.68. The molecule has 1 aromatic heterocycles. The molecule has 0 amide bonds. The molecule has 14 heavy (non-hydrogen) atoms. The monoisotopic (exact) mass is 187 g/mol. The van der Waals surface area contributed by atoms with Gasteiger partial charge in [-0.15, -0.1) is 0 Å². The fourth-order valence-electron chi connectivity index (χ4n) is 1.58. The molecule has 0 unspecified atom stereocenters. The predicted octanol–water partition coefficient (Wildman–Crippen LogP) is 1.84. The van der Waals surface area contributed by atoms with Gasteiger partial charge >= 0.3 is 0 Å². The fourth-order valence-corrected chi connectivity index (χ4v) is 1.58. The van der Waals surface area contributed by atoms with Gasteiger partial charge in [0.1, 0.15) is 0 Å². The number of hydrogen-bond donors (Lipinski definition) is 2. The van der Waals surface area contributed by atoms with E-state index in [2.05, 4.69) is 16.3 Å². The number of nitrogens with zero attached hydrogens (tertiary/aromatic N) is 1. The number of aromatic amines is 1. The van der Waals surface area contributed by atoms with Gasteiger partial charge in [0.25, 0.3) is 0 Å². The van der Waals surface area contributed by atoms with Gasteiger partial charge in [-0.2, -0.15) is 5.10 Å². The van der Waals surface area contributed by atoms with Crippen LogP contribution >= 0.6 is 0 Å². The summed E-state index contributed by atoms with van der Waals surface area (Å²) in [6, 6.07) is 8.13. The molecular formula is C11H13N3. The summed E-state index contributed by atoms with van der Waals surface area (Å²) in [5.41, 5.74) is 10.2. The summed E-state index contributed by atoms with van der Waals surface area (Å²) in [7, 11) is 0. The van der Waals surface area contributed by atoms with Crippen molar-refractivity contribution in [2.45, 2.75) is 13.5 Å². The van der Waals surface area contributed by atoms with E-state index in [9.17, 15) is 0 Å². The normalized spacial score (nSPS) is 10.4. The van der Waals surface area contributed by atoms with Crippen molar-refractivity contribution in [1.82, 2.24) is 10.2 Å². The van der Waals surface area contributed by atoms with Gasteiger partial charge in [0.2, 0.25) is 0 Å². The molecular weight excluding hydrogens is 174 g/mol. The summed E-state index contributed by atoms with van der Waals surface area (Å²) in [6.45, 7) is 2.57. The lowest BCUT2D eigenvalue weighted by Crippen LogP contribution is -1.98. The molecule has 0 aliphatic heterocycles. The minimum absolute atomic E-state index is 0.556. The van der Waals surface area contributed by atoms with E-state index in [0.29, 0.717) is 6.54 Å². The third kappa shape index (κ3) is 1.42. The van der Waals surface area contributed by atoms with Crippen LogP contribution in [0.1, 0.15) is 11.3 Å². The number of hydrogen-bond acceptors (Lipinski definition) is 2. The smallest absolute Gasteiger partial charge is 0.0568 e. The van der Waals surface area contributed by atoms with Gasteiger partial charge in [-0.05, 0) is 18.1 Å². The lowest BCUT2D eigenvalue weighted by Gasteiger charge is -2.05. The van der Waals surface area contributed by atoms with Crippen LogP contribution in [-0.4, -0.2) is 10.2 Å². The Hall–Kier alpha value is -1.61. The number of nitrogens with one attached hydrogen (secondary N) is 1. The van der Waals surface area contributed by atoms with Crippen molar-refractivity contribution in [1.29, 1.82) is 0 Å². The minimum Gasteiger partial charge on any atom is -0.326 e. The number of rotatable bonds is 2. The Labute approximate surface area is 83.0 Å². The van der Waals surface area contributed by atoms with Crippen molar-refractivity contribution < 1.29 is 0 Å². The average Bonchev–Trinajstić information content (AvgIpc) is 2.64. The van der Waals surface area contributed by atoms with Gasteiger partial charge in [-0.25, -0.2) is 0 Å². The van der Waals surface area contributed by atoms with Crippen molar-refractivity contribution in [3.05, 3.63) is 41.7 Å². The Bertz CT molecular complexity index is 432. The Morgan fingerprint density at radius 1 is 1.29 bits per heavy atom. The quantitative estimate of drug-likeness (QED) is 0.753. The highest BCUT2D eigenvalue weighted by Gasteiger charge is 2.06. The van der Waals surface area contributed by atoms with Crippen molar-refractivity contribution in [3.63, 3.8) is 0 Å². The zero-order chi connectivity index (χ0) is 9.97. The number of benzene rings is 1. The summed E-state index contributed by atoms with van der Waals surface area (Å²) in [6.07, 6.45) is 1.84. The molecule has 3 heteroatoms. The van der Waals surface area contributed by atoms with Crippen molar-refractivity contribution in [2.24, 2.45) is 5.73 Å². The Balaban J connectivity index is 2.56. The maximum absolute atomic E-state index is 5.68. The number of aromatic nitrogens is 2. The molecule has 3 N–H and O–H groups in total. The summed E-state index contributed by atoms with van der Waals surface area (Å²) in [4.78, 5) is 0. The molecule has 0 saturated carbocycles. The van der Waals surface area contributed by atoms with Crippen LogP contribution in [0.2, 0.25) is 0 Å². The summed E-state index contributed by atoms with van der Waals surface area (Å²) in [5, 5.41) is 6.94. The van der Waals surface area contributed by atoms with E-state index in [1.54, 1.807) is 0 Å². The minimum atomic E-state index is 0.556. The standard InChI is InChI=1S/C11H13N3/c1-8-11(7-13-14-8)10-5-3-2-4-9(10)6-12/h2-5,7H,6,12H2,1H3,(H,13,14). The van der Waals surface area contributed by atoms with E-state index in [1.165, 1.54) is 5.56 Å². The first-order valence-electron chi connectivity index (χ1n) is 4.61. The molecule has 1 heterocycles. The van der Waals surface area contributed by atoms with E-state index in [1.807, 2.05) is 31.3 Å². The molecule has 0 atom stereocenters. The molecule has 0 saturated heterocycles. The zero-order valence-electron chi connectivity index (χ0n) is 8.12. The summed E-state index contributed by atoms with van der Waals surface area (Å²) in [5.74, 6) is 0. The molecule has 2 rings (SSSR count). The molecule has 3 nitrogen and oxygen atoms in total. The summed E-state index contributed by atoms with van der Waals surface area (Å²) < 4.78 is 0. The van der Waals surface area contributed by atoms with Crippen LogP contribution in [-0.2, 0) is 6.54 Å². The molecule has 0 radical (unpaired) electrons. The Morgan fingerprint density at radius 3 is 2.71 bits per heavy atom. The van der Waals surface area contributed by atoms with E-state index in [0.717, 1.165) is 16.8 Å². The molecule has 0 spiro atoms. The molecule has 72 valence electrons. The predicted molar refractivity (Wildman–Crippen MR) is 56.7 cm³/mol. The second-order valence-corrected chi connectivity index (χ2v) is 3.27. The Morgan fingerprint density at radius 2 is 2.07 bits per heavy atom. The zero-order valence-corrected chi connectivity index (χ0v) is 8.12. The second-order valence-electron chi connectivity index (χ2n) is 3.27. The van der Waals surface area contributed by atoms with Crippen LogP contribution in [0.5, 0.6) is 0 Å². The van der Waals surface area contributed by atoms with Crippen LogP contribution in [0.3, 0.4) is 0 Å². The van der Waals surface area contributed by atoms with Gasteiger partial charge < -0.3 is 5.73 Å². The van der Waals surface area contributed by atoms with Crippen LogP contribution in [0, 0.1) is 6.92 Å². The molecule has 1 aromatic carbocycles. The van der Waals surface area contributed by atoms with E-state index < -0.39 is 0 Å². The lowest BCUT2D eigenvalue weighted by molar-refractivity contribution is 1.05. The topological polar surface area (TPSA) is 54.7 Å². The lowest BCUT2D eigenvalue weighted by atomic mass is 10.0. The van der Waals surface area contributed by atoms with E-state index in [-0.39, 0.29) is 0 Å². The fraction of sp³-hybridized carbons (Fsp3) is 0.182. The third-order valence-electron chi connectivity index (χ3n) is 2.36. The maximum Gasteiger partial charge on any atom is 0.0568 e. The van der Waals surface area contributed by atoms with Crippen LogP contribution in [0.25, 0.3) is 11.1 Å². The SMILES string of the molecule is Cc1[nH]ncc1-c1ccccc1CN. The number of H-pyrrole nitrogens is 1. The molecule has 0 bridgehead atoms. The van der Waals surface area contributed by atoms with Gasteiger partial charge in [0.15, 0.2) is 0 Å². The van der Waals surface area contributed by atoms with Crippen LogP contribution in [0.15, 0.2) is 30.5 Å². The largest absolute Gasteiger partial charge is 0.326 e. The molecule has 2 aromatic rings. The van der Waals surface area contributed by atoms with Crippen LogP contribution in [0.4, 0.5) is 0 Å². The second kappa shape index (κ2) is 3.64. The number of nitrogens with two attached hydrogens (primary N) is 1. The first kappa shape index (κ1) is 8.97. The summed E-state index contributed by atoms with van der Waals surface area (Å²) >= 11 is 0. The van der Waals surface area contributed by atoms with Gasteiger partial charge in [-0.1, -0.05) is 24.3 Å². The molecule has 0 aliphatic rings. The molecule has 0 aliphatic carbocycles. The molecule has 0 fully saturated rings. The van der Waals surface area contributed by atoms with Gasteiger partial charge in [0, 0.05) is 17.8 Å². The average molecular weight is 187 g/mol. The van der Waals surface area contributed by atoms with Crippen LogP contribution < -0.4 is 5.73 Å². The highest BCUT2D eigenvalue weighted by Crippen LogP contribution is 2.24. The van der Waals surface area contributed by atoms with E-state index in [4.69, 9.17) is 5.73 Å².